The molecule has 1 aromatic heterocycles. The zero-order valence-corrected chi connectivity index (χ0v) is 15.8. The molecular formula is C21H24N2O5. The second kappa shape index (κ2) is 8.75. The van der Waals surface area contributed by atoms with Crippen LogP contribution in [0.5, 0.6) is 0 Å². The maximum absolute atomic E-state index is 12.6. The summed E-state index contributed by atoms with van der Waals surface area (Å²) in [5.41, 5.74) is 3.12. The number of carboxylic acids is 1. The van der Waals surface area contributed by atoms with Crippen molar-refractivity contribution in [2.45, 2.75) is 32.0 Å². The molecule has 1 aliphatic rings. The molecule has 2 N–H and O–H groups in total. The van der Waals surface area contributed by atoms with Crippen LogP contribution in [0.4, 0.5) is 5.69 Å². The highest BCUT2D eigenvalue weighted by Crippen LogP contribution is 2.33. The number of ether oxygens (including phenoxy) is 1. The average Bonchev–Trinajstić information content (AvgIpc) is 3.26. The topological polar surface area (TPSA) is 92.0 Å². The number of furan rings is 1. The van der Waals surface area contributed by atoms with Gasteiger partial charge in [-0.3, -0.25) is 4.79 Å². The molecule has 1 amide bonds. The Labute approximate surface area is 163 Å². The van der Waals surface area contributed by atoms with E-state index in [1.54, 1.807) is 6.07 Å². The number of aliphatic carboxylic acids is 1. The average molecular weight is 384 g/mol. The summed E-state index contributed by atoms with van der Waals surface area (Å²) >= 11 is 0. The van der Waals surface area contributed by atoms with E-state index in [1.807, 2.05) is 12.1 Å². The van der Waals surface area contributed by atoms with Gasteiger partial charge in [-0.2, -0.15) is 0 Å². The number of carbonyl (C=O) groups is 2. The number of rotatable bonds is 9. The van der Waals surface area contributed by atoms with Gasteiger partial charge in [-0.05, 0) is 31.0 Å². The first-order valence-corrected chi connectivity index (χ1v) is 9.14. The summed E-state index contributed by atoms with van der Waals surface area (Å²) in [6, 6.07) is 9.05. The van der Waals surface area contributed by atoms with Gasteiger partial charge in [0.05, 0.1) is 19.5 Å². The zero-order valence-electron chi connectivity index (χ0n) is 15.8. The van der Waals surface area contributed by atoms with Gasteiger partial charge in [0.25, 0.3) is 5.91 Å². The fourth-order valence-electron chi connectivity index (χ4n) is 3.38. The van der Waals surface area contributed by atoms with Crippen molar-refractivity contribution in [2.75, 3.05) is 18.1 Å². The van der Waals surface area contributed by atoms with E-state index in [1.165, 1.54) is 17.9 Å². The normalized spacial score (nSPS) is 16.5. The molecule has 2 atom stereocenters. The number of para-hydroxylation sites is 1. The minimum absolute atomic E-state index is 0.117. The Morgan fingerprint density at radius 3 is 2.96 bits per heavy atom. The van der Waals surface area contributed by atoms with Crippen molar-refractivity contribution in [1.82, 2.24) is 5.32 Å². The van der Waals surface area contributed by atoms with Crippen LogP contribution in [0, 0.1) is 0 Å². The number of nitrogens with zero attached hydrogens (tertiary/aromatic N) is 1. The van der Waals surface area contributed by atoms with E-state index < -0.39 is 17.9 Å². The number of benzene rings is 1. The van der Waals surface area contributed by atoms with Gasteiger partial charge in [-0.25, -0.2) is 4.79 Å². The molecule has 0 spiro atoms. The van der Waals surface area contributed by atoms with Crippen LogP contribution < -0.4 is 10.2 Å². The summed E-state index contributed by atoms with van der Waals surface area (Å²) in [5, 5.41) is 11.8. The molecule has 0 saturated heterocycles. The molecule has 2 unspecified atom stereocenters. The molecular weight excluding hydrogens is 360 g/mol. The first-order chi connectivity index (χ1) is 13.5. The van der Waals surface area contributed by atoms with Gasteiger partial charge in [-0.15, -0.1) is 6.58 Å². The molecule has 0 saturated carbocycles. The Hall–Kier alpha value is -3.06. The predicted octanol–water partition coefficient (Wildman–Crippen LogP) is 2.62. The SMILES string of the molecule is C=CCOCC(NC(=O)c1occc1CN1c2ccccc2CC1C)C(=O)O. The second-order valence-corrected chi connectivity index (χ2v) is 6.78. The summed E-state index contributed by atoms with van der Waals surface area (Å²) in [6.07, 6.45) is 3.90. The van der Waals surface area contributed by atoms with E-state index in [-0.39, 0.29) is 19.0 Å². The molecule has 1 aliphatic heterocycles. The fourth-order valence-corrected chi connectivity index (χ4v) is 3.38. The lowest BCUT2D eigenvalue weighted by molar-refractivity contribution is -0.140. The summed E-state index contributed by atoms with van der Waals surface area (Å²) in [7, 11) is 0. The number of amides is 1. The van der Waals surface area contributed by atoms with Crippen LogP contribution in [-0.4, -0.2) is 42.3 Å². The molecule has 28 heavy (non-hydrogen) atoms. The van der Waals surface area contributed by atoms with E-state index >= 15 is 0 Å². The van der Waals surface area contributed by atoms with Crippen molar-refractivity contribution in [2.24, 2.45) is 0 Å². The van der Waals surface area contributed by atoms with Gasteiger partial charge in [0.1, 0.15) is 0 Å². The Kier molecular flexibility index (Phi) is 6.16. The van der Waals surface area contributed by atoms with Crippen molar-refractivity contribution >= 4 is 17.6 Å². The lowest BCUT2D eigenvalue weighted by Gasteiger charge is -2.24. The minimum Gasteiger partial charge on any atom is -0.480 e. The predicted molar refractivity (Wildman–Crippen MR) is 104 cm³/mol. The van der Waals surface area contributed by atoms with Crippen LogP contribution in [0.1, 0.15) is 28.6 Å². The highest BCUT2D eigenvalue weighted by atomic mass is 16.5. The van der Waals surface area contributed by atoms with Crippen molar-refractivity contribution in [1.29, 1.82) is 0 Å². The lowest BCUT2D eigenvalue weighted by atomic mass is 10.1. The van der Waals surface area contributed by atoms with Gasteiger partial charge in [0.15, 0.2) is 11.8 Å². The molecule has 1 aromatic carbocycles. The number of carboxylic acid groups (broad SMARTS) is 1. The van der Waals surface area contributed by atoms with Gasteiger partial charge in [-0.1, -0.05) is 24.3 Å². The summed E-state index contributed by atoms with van der Waals surface area (Å²) < 4.78 is 10.5. The second-order valence-electron chi connectivity index (χ2n) is 6.78. The maximum Gasteiger partial charge on any atom is 0.328 e. The van der Waals surface area contributed by atoms with Crippen molar-refractivity contribution in [3.63, 3.8) is 0 Å². The molecule has 0 bridgehead atoms. The summed E-state index contributed by atoms with van der Waals surface area (Å²) in [4.78, 5) is 26.2. The molecule has 148 valence electrons. The van der Waals surface area contributed by atoms with E-state index in [0.29, 0.717) is 18.2 Å². The van der Waals surface area contributed by atoms with Crippen LogP contribution in [-0.2, 0) is 22.5 Å². The quantitative estimate of drug-likeness (QED) is 0.510. The van der Waals surface area contributed by atoms with Crippen LogP contribution in [0.2, 0.25) is 0 Å². The Morgan fingerprint density at radius 1 is 1.43 bits per heavy atom. The van der Waals surface area contributed by atoms with Gasteiger partial charge >= 0.3 is 5.97 Å². The number of fused-ring (bicyclic) bond motifs is 1. The Balaban J connectivity index is 1.72. The molecule has 2 aromatic rings. The third kappa shape index (κ3) is 4.26. The molecule has 0 aliphatic carbocycles. The number of anilines is 1. The molecule has 3 rings (SSSR count). The number of nitrogens with one attached hydrogen (secondary N) is 1. The van der Waals surface area contributed by atoms with Crippen LogP contribution in [0.15, 0.2) is 53.7 Å². The van der Waals surface area contributed by atoms with Gasteiger partial charge < -0.3 is 24.5 Å². The largest absolute Gasteiger partial charge is 0.480 e. The monoisotopic (exact) mass is 384 g/mol. The van der Waals surface area contributed by atoms with E-state index in [2.05, 4.69) is 35.9 Å². The first kappa shape index (κ1) is 19.7. The molecule has 0 radical (unpaired) electrons. The first-order valence-electron chi connectivity index (χ1n) is 9.14. The molecule has 0 fully saturated rings. The third-order valence-electron chi connectivity index (χ3n) is 4.77. The van der Waals surface area contributed by atoms with Crippen molar-refractivity contribution in [3.05, 3.63) is 66.1 Å². The maximum atomic E-state index is 12.6. The van der Waals surface area contributed by atoms with Gasteiger partial charge in [0.2, 0.25) is 0 Å². The standard InChI is InChI=1S/C21H24N2O5/c1-3-9-27-13-17(21(25)26)22-20(24)19-16(8-10-28-19)12-23-14(2)11-15-6-4-5-7-18(15)23/h3-8,10,14,17H,1,9,11-13H2,2H3,(H,22,24)(H,25,26). The van der Waals surface area contributed by atoms with Gasteiger partial charge in [0, 0.05) is 23.8 Å². The molecule has 7 nitrogen and oxygen atoms in total. The fraction of sp³-hybridized carbons (Fsp3) is 0.333. The molecule has 2 heterocycles. The number of carbonyl (C=O) groups excluding carboxylic acids is 1. The number of hydrogen-bond acceptors (Lipinski definition) is 5. The lowest BCUT2D eigenvalue weighted by Crippen LogP contribution is -2.44. The smallest absolute Gasteiger partial charge is 0.328 e. The van der Waals surface area contributed by atoms with Crippen LogP contribution >= 0.6 is 0 Å². The van der Waals surface area contributed by atoms with Crippen molar-refractivity contribution < 1.29 is 23.8 Å². The highest BCUT2D eigenvalue weighted by Gasteiger charge is 2.29. The van der Waals surface area contributed by atoms with E-state index in [0.717, 1.165) is 12.1 Å². The van der Waals surface area contributed by atoms with Crippen molar-refractivity contribution in [3.8, 4) is 0 Å². The highest BCUT2D eigenvalue weighted by molar-refractivity contribution is 5.95. The third-order valence-corrected chi connectivity index (χ3v) is 4.77. The zero-order chi connectivity index (χ0) is 20.1. The Morgan fingerprint density at radius 2 is 2.21 bits per heavy atom. The number of hydrogen-bond donors (Lipinski definition) is 2. The summed E-state index contributed by atoms with van der Waals surface area (Å²) in [5.74, 6) is -1.63. The van der Waals surface area contributed by atoms with Crippen LogP contribution in [0.25, 0.3) is 0 Å². The van der Waals surface area contributed by atoms with Crippen LogP contribution in [0.3, 0.4) is 0 Å². The minimum atomic E-state index is -1.17. The van der Waals surface area contributed by atoms with E-state index in [4.69, 9.17) is 9.15 Å². The summed E-state index contributed by atoms with van der Waals surface area (Å²) in [6.45, 7) is 6.20. The van der Waals surface area contributed by atoms with E-state index in [9.17, 15) is 14.7 Å². The molecule has 7 heteroatoms. The Bertz CT molecular complexity index is 860.